The number of methoxy groups -OCH3 is 1. The Kier molecular flexibility index (Phi) is 5.08. The van der Waals surface area contributed by atoms with Crippen LogP contribution in [0.15, 0.2) is 18.2 Å². The second-order valence-corrected chi connectivity index (χ2v) is 6.14. The molecule has 1 fully saturated rings. The number of nitrogens with zero attached hydrogens (tertiary/aromatic N) is 1. The smallest absolute Gasteiger partial charge is 0.161 e. The number of hydrogen-bond donors (Lipinski definition) is 1. The quantitative estimate of drug-likeness (QED) is 0.797. The third-order valence-corrected chi connectivity index (χ3v) is 3.89. The lowest BCUT2D eigenvalue weighted by Gasteiger charge is -2.16. The zero-order chi connectivity index (χ0) is 15.3. The van der Waals surface area contributed by atoms with Gasteiger partial charge in [0.15, 0.2) is 11.5 Å². The number of ether oxygens (including phenoxy) is 2. The molecule has 1 N–H and O–H groups in total. The minimum atomic E-state index is 0.0810. The van der Waals surface area contributed by atoms with Crippen LogP contribution in [0.3, 0.4) is 0 Å². The van der Waals surface area contributed by atoms with E-state index in [1.54, 1.807) is 7.11 Å². The van der Waals surface area contributed by atoms with E-state index in [1.807, 2.05) is 12.1 Å². The molecule has 0 aliphatic heterocycles. The van der Waals surface area contributed by atoms with Gasteiger partial charge in [-0.2, -0.15) is 5.26 Å². The highest BCUT2D eigenvalue weighted by Gasteiger charge is 2.43. The lowest BCUT2D eigenvalue weighted by atomic mass is 10.1. The molecule has 0 saturated heterocycles. The van der Waals surface area contributed by atoms with Crippen LogP contribution in [0.5, 0.6) is 11.5 Å². The molecule has 1 saturated carbocycles. The number of hydrogen-bond acceptors (Lipinski definition) is 4. The fourth-order valence-corrected chi connectivity index (χ4v) is 2.21. The standard InChI is InChI=1S/C17H24N2O2/c1-13(2)19-11-14-4-5-15(16(10-14)20-3)21-12-17(6-7-17)8-9-18/h4-5,10,13,19H,6-8,11-12H2,1-3H3. The highest BCUT2D eigenvalue weighted by molar-refractivity contribution is 5.43. The van der Waals surface area contributed by atoms with Crippen molar-refractivity contribution in [3.05, 3.63) is 23.8 Å². The summed E-state index contributed by atoms with van der Waals surface area (Å²) in [5, 5.41) is 12.2. The summed E-state index contributed by atoms with van der Waals surface area (Å²) in [7, 11) is 1.66. The summed E-state index contributed by atoms with van der Waals surface area (Å²) in [6.45, 7) is 5.66. The highest BCUT2D eigenvalue weighted by atomic mass is 16.5. The number of rotatable bonds is 8. The monoisotopic (exact) mass is 288 g/mol. The number of nitrogens with one attached hydrogen (secondary N) is 1. The van der Waals surface area contributed by atoms with Crippen LogP contribution in [0.25, 0.3) is 0 Å². The number of benzene rings is 1. The van der Waals surface area contributed by atoms with Gasteiger partial charge in [-0.15, -0.1) is 0 Å². The molecule has 0 radical (unpaired) electrons. The maximum Gasteiger partial charge on any atom is 0.161 e. The topological polar surface area (TPSA) is 54.3 Å². The van der Waals surface area contributed by atoms with E-state index < -0.39 is 0 Å². The first-order valence-electron chi connectivity index (χ1n) is 7.49. The molecule has 0 amide bonds. The largest absolute Gasteiger partial charge is 0.493 e. The first-order chi connectivity index (χ1) is 10.1. The lowest BCUT2D eigenvalue weighted by Crippen LogP contribution is -2.21. The van der Waals surface area contributed by atoms with Crippen LogP contribution < -0.4 is 14.8 Å². The SMILES string of the molecule is COc1cc(CNC(C)C)ccc1OCC1(CC#N)CC1. The lowest BCUT2D eigenvalue weighted by molar-refractivity contribution is 0.227. The molecule has 1 aliphatic carbocycles. The Morgan fingerprint density at radius 2 is 2.10 bits per heavy atom. The molecule has 4 heteroatoms. The van der Waals surface area contributed by atoms with Gasteiger partial charge in [0.2, 0.25) is 0 Å². The van der Waals surface area contributed by atoms with E-state index in [9.17, 15) is 0 Å². The molecule has 1 aromatic carbocycles. The van der Waals surface area contributed by atoms with E-state index >= 15 is 0 Å². The Labute approximate surface area is 127 Å². The average Bonchev–Trinajstić information content (AvgIpc) is 3.23. The van der Waals surface area contributed by atoms with Gasteiger partial charge >= 0.3 is 0 Å². The van der Waals surface area contributed by atoms with Crippen molar-refractivity contribution in [2.75, 3.05) is 13.7 Å². The van der Waals surface area contributed by atoms with Crippen molar-refractivity contribution in [1.82, 2.24) is 5.32 Å². The Morgan fingerprint density at radius 3 is 2.67 bits per heavy atom. The molecule has 0 atom stereocenters. The van der Waals surface area contributed by atoms with Crippen LogP contribution in [0.4, 0.5) is 0 Å². The first-order valence-corrected chi connectivity index (χ1v) is 7.49. The molecular formula is C17H24N2O2. The third kappa shape index (κ3) is 4.37. The van der Waals surface area contributed by atoms with E-state index in [2.05, 4.69) is 31.3 Å². The van der Waals surface area contributed by atoms with Crippen molar-refractivity contribution >= 4 is 0 Å². The summed E-state index contributed by atoms with van der Waals surface area (Å²) in [6.07, 6.45) is 2.74. The summed E-state index contributed by atoms with van der Waals surface area (Å²) in [4.78, 5) is 0. The highest BCUT2D eigenvalue weighted by Crippen LogP contribution is 2.49. The predicted molar refractivity (Wildman–Crippen MR) is 82.4 cm³/mol. The van der Waals surface area contributed by atoms with Gasteiger partial charge in [-0.1, -0.05) is 19.9 Å². The molecule has 1 aromatic rings. The van der Waals surface area contributed by atoms with Crippen LogP contribution in [0.1, 0.15) is 38.7 Å². The number of nitriles is 1. The molecule has 0 unspecified atom stereocenters. The molecular weight excluding hydrogens is 264 g/mol. The molecule has 4 nitrogen and oxygen atoms in total. The average molecular weight is 288 g/mol. The predicted octanol–water partition coefficient (Wildman–Crippen LogP) is 3.27. The van der Waals surface area contributed by atoms with Gasteiger partial charge in [-0.25, -0.2) is 0 Å². The van der Waals surface area contributed by atoms with E-state index in [0.29, 0.717) is 19.1 Å². The van der Waals surface area contributed by atoms with Gasteiger partial charge in [0.05, 0.1) is 19.8 Å². The van der Waals surface area contributed by atoms with E-state index in [1.165, 1.54) is 5.56 Å². The molecule has 114 valence electrons. The summed E-state index contributed by atoms with van der Waals surface area (Å²) in [5.41, 5.74) is 1.25. The zero-order valence-corrected chi connectivity index (χ0v) is 13.1. The van der Waals surface area contributed by atoms with Crippen LogP contribution >= 0.6 is 0 Å². The van der Waals surface area contributed by atoms with Crippen molar-refractivity contribution in [3.63, 3.8) is 0 Å². The van der Waals surface area contributed by atoms with Gasteiger partial charge in [0, 0.05) is 24.4 Å². The van der Waals surface area contributed by atoms with Gasteiger partial charge in [-0.3, -0.25) is 0 Å². The molecule has 2 rings (SSSR count). The zero-order valence-electron chi connectivity index (χ0n) is 13.1. The van der Waals surface area contributed by atoms with Crippen molar-refractivity contribution in [1.29, 1.82) is 5.26 Å². The minimum Gasteiger partial charge on any atom is -0.493 e. The summed E-state index contributed by atoms with van der Waals surface area (Å²) < 4.78 is 11.3. The Morgan fingerprint density at radius 1 is 1.33 bits per heavy atom. The fraction of sp³-hybridized carbons (Fsp3) is 0.588. The Bertz CT molecular complexity index is 516. The maximum absolute atomic E-state index is 8.84. The fourth-order valence-electron chi connectivity index (χ4n) is 2.21. The van der Waals surface area contributed by atoms with Crippen molar-refractivity contribution in [3.8, 4) is 17.6 Å². The summed E-state index contributed by atoms with van der Waals surface area (Å²) >= 11 is 0. The Balaban J connectivity index is 1.98. The molecule has 1 aliphatic rings. The molecule has 0 spiro atoms. The van der Waals surface area contributed by atoms with Crippen LogP contribution in [-0.2, 0) is 6.54 Å². The maximum atomic E-state index is 8.84. The minimum absolute atomic E-state index is 0.0810. The van der Waals surface area contributed by atoms with Crippen molar-refractivity contribution < 1.29 is 9.47 Å². The van der Waals surface area contributed by atoms with Crippen molar-refractivity contribution in [2.45, 2.75) is 45.7 Å². The van der Waals surface area contributed by atoms with Gasteiger partial charge in [0.1, 0.15) is 0 Å². The second kappa shape index (κ2) is 6.82. The van der Waals surface area contributed by atoms with E-state index in [0.717, 1.165) is 30.9 Å². The molecule has 0 heterocycles. The first kappa shape index (κ1) is 15.7. The molecule has 21 heavy (non-hydrogen) atoms. The Hall–Kier alpha value is -1.73. The van der Waals surface area contributed by atoms with Gasteiger partial charge in [0.25, 0.3) is 0 Å². The van der Waals surface area contributed by atoms with Crippen molar-refractivity contribution in [2.24, 2.45) is 5.41 Å². The van der Waals surface area contributed by atoms with Crippen LogP contribution in [0, 0.1) is 16.7 Å². The third-order valence-electron chi connectivity index (χ3n) is 3.89. The van der Waals surface area contributed by atoms with Crippen LogP contribution in [0.2, 0.25) is 0 Å². The van der Waals surface area contributed by atoms with Gasteiger partial charge in [-0.05, 0) is 30.5 Å². The second-order valence-electron chi connectivity index (χ2n) is 6.14. The van der Waals surface area contributed by atoms with Crippen LogP contribution in [-0.4, -0.2) is 19.8 Å². The van der Waals surface area contributed by atoms with Gasteiger partial charge < -0.3 is 14.8 Å². The van der Waals surface area contributed by atoms with E-state index in [4.69, 9.17) is 14.7 Å². The van der Waals surface area contributed by atoms with E-state index in [-0.39, 0.29) is 5.41 Å². The normalized spacial score (nSPS) is 15.6. The summed E-state index contributed by atoms with van der Waals surface area (Å²) in [6, 6.07) is 8.72. The molecule has 0 aromatic heterocycles. The summed E-state index contributed by atoms with van der Waals surface area (Å²) in [5.74, 6) is 1.51. The molecule has 0 bridgehead atoms.